The summed E-state index contributed by atoms with van der Waals surface area (Å²) >= 11 is 7.37. The third-order valence-corrected chi connectivity index (χ3v) is 5.58. The van der Waals surface area contributed by atoms with Crippen molar-refractivity contribution in [3.05, 3.63) is 59.1 Å². The van der Waals surface area contributed by atoms with Gasteiger partial charge >= 0.3 is 6.18 Å². The molecule has 1 amide bonds. The molecule has 0 spiro atoms. The van der Waals surface area contributed by atoms with Crippen LogP contribution in [0.4, 0.5) is 18.9 Å². The number of benzene rings is 1. The molecule has 0 bridgehead atoms. The molecule has 170 valence electrons. The molecule has 0 atom stereocenters. The van der Waals surface area contributed by atoms with E-state index in [1.54, 1.807) is 12.3 Å². The van der Waals surface area contributed by atoms with Crippen LogP contribution in [-0.4, -0.2) is 34.2 Å². The lowest BCUT2D eigenvalue weighted by Crippen LogP contribution is -2.21. The molecule has 0 saturated carbocycles. The Kier molecular flexibility index (Phi) is 7.52. The van der Waals surface area contributed by atoms with Gasteiger partial charge < -0.3 is 19.4 Å². The number of alkyl halides is 3. The SMILES string of the molecule is COc1cnc(CSc2nccn2C)cc1OCC(=O)Nc1cc(C(F)(F)F)ccc1Cl. The Bertz CT molecular complexity index is 1110. The second-order valence-electron chi connectivity index (χ2n) is 6.47. The van der Waals surface area contributed by atoms with Gasteiger partial charge in [-0.15, -0.1) is 0 Å². The van der Waals surface area contributed by atoms with Crippen molar-refractivity contribution in [2.75, 3.05) is 19.0 Å². The first-order chi connectivity index (χ1) is 15.2. The van der Waals surface area contributed by atoms with Crippen molar-refractivity contribution in [2.45, 2.75) is 17.1 Å². The van der Waals surface area contributed by atoms with Crippen LogP contribution in [0.25, 0.3) is 0 Å². The van der Waals surface area contributed by atoms with Crippen LogP contribution in [0.15, 0.2) is 48.0 Å². The number of imidazole rings is 1. The maximum atomic E-state index is 12.9. The summed E-state index contributed by atoms with van der Waals surface area (Å²) in [6, 6.07) is 4.29. The van der Waals surface area contributed by atoms with Crippen molar-refractivity contribution in [1.82, 2.24) is 14.5 Å². The Labute approximate surface area is 190 Å². The second kappa shape index (κ2) is 10.1. The molecule has 0 aliphatic carbocycles. The van der Waals surface area contributed by atoms with E-state index in [4.69, 9.17) is 21.1 Å². The smallest absolute Gasteiger partial charge is 0.416 e. The van der Waals surface area contributed by atoms with Crippen LogP contribution in [-0.2, 0) is 23.8 Å². The van der Waals surface area contributed by atoms with Crippen molar-refractivity contribution in [3.8, 4) is 11.5 Å². The third-order valence-electron chi connectivity index (χ3n) is 4.16. The van der Waals surface area contributed by atoms with Gasteiger partial charge in [-0.05, 0) is 18.2 Å². The number of anilines is 1. The molecule has 0 aliphatic heterocycles. The highest BCUT2D eigenvalue weighted by atomic mass is 35.5. The predicted octanol–water partition coefficient (Wildman–Crippen LogP) is 4.81. The summed E-state index contributed by atoms with van der Waals surface area (Å²) in [7, 11) is 3.30. The molecular formula is C20H18ClF3N4O3S. The zero-order chi connectivity index (χ0) is 23.3. The van der Waals surface area contributed by atoms with Crippen LogP contribution in [0.5, 0.6) is 11.5 Å². The number of ether oxygens (including phenoxy) is 2. The Morgan fingerprint density at radius 3 is 2.69 bits per heavy atom. The summed E-state index contributed by atoms with van der Waals surface area (Å²) in [5.41, 5.74) is -0.428. The minimum Gasteiger partial charge on any atom is -0.491 e. The molecule has 0 radical (unpaired) electrons. The molecule has 7 nitrogen and oxygen atoms in total. The van der Waals surface area contributed by atoms with Crippen LogP contribution >= 0.6 is 23.4 Å². The highest BCUT2D eigenvalue weighted by Crippen LogP contribution is 2.34. The Balaban J connectivity index is 1.65. The first kappa shape index (κ1) is 23.7. The lowest BCUT2D eigenvalue weighted by atomic mass is 10.2. The number of nitrogens with zero attached hydrogens (tertiary/aromatic N) is 3. The molecule has 1 N–H and O–H groups in total. The maximum absolute atomic E-state index is 12.9. The fourth-order valence-corrected chi connectivity index (χ4v) is 3.57. The van der Waals surface area contributed by atoms with E-state index in [9.17, 15) is 18.0 Å². The average Bonchev–Trinajstić information content (AvgIpc) is 3.16. The monoisotopic (exact) mass is 486 g/mol. The van der Waals surface area contributed by atoms with Gasteiger partial charge in [-0.3, -0.25) is 9.78 Å². The summed E-state index contributed by atoms with van der Waals surface area (Å²) in [5, 5.41) is 3.11. The minimum atomic E-state index is -4.56. The third kappa shape index (κ3) is 6.07. The van der Waals surface area contributed by atoms with Crippen molar-refractivity contribution in [3.63, 3.8) is 0 Å². The van der Waals surface area contributed by atoms with E-state index in [1.165, 1.54) is 25.1 Å². The lowest BCUT2D eigenvalue weighted by molar-refractivity contribution is -0.137. The van der Waals surface area contributed by atoms with Crippen LogP contribution in [0.1, 0.15) is 11.3 Å². The second-order valence-corrected chi connectivity index (χ2v) is 7.81. The topological polar surface area (TPSA) is 78.3 Å². The molecule has 12 heteroatoms. The van der Waals surface area contributed by atoms with Gasteiger partial charge in [-0.1, -0.05) is 23.4 Å². The number of hydrogen-bond acceptors (Lipinski definition) is 6. The van der Waals surface area contributed by atoms with E-state index in [2.05, 4.69) is 15.3 Å². The normalized spacial score (nSPS) is 11.3. The number of carbonyl (C=O) groups excluding carboxylic acids is 1. The fraction of sp³-hybridized carbons (Fsp3) is 0.250. The summed E-state index contributed by atoms with van der Waals surface area (Å²) in [6.45, 7) is -0.473. The molecule has 32 heavy (non-hydrogen) atoms. The van der Waals surface area contributed by atoms with Crippen molar-refractivity contribution in [2.24, 2.45) is 7.05 Å². The van der Waals surface area contributed by atoms with Gasteiger partial charge in [0, 0.05) is 31.3 Å². The van der Waals surface area contributed by atoms with Gasteiger partial charge in [0.15, 0.2) is 23.3 Å². The number of thioether (sulfide) groups is 1. The number of amides is 1. The van der Waals surface area contributed by atoms with E-state index in [0.29, 0.717) is 17.2 Å². The number of nitrogens with one attached hydrogen (secondary N) is 1. The number of hydrogen-bond donors (Lipinski definition) is 1. The average molecular weight is 487 g/mol. The summed E-state index contributed by atoms with van der Waals surface area (Å²) < 4.78 is 51.3. The van der Waals surface area contributed by atoms with Gasteiger partial charge in [0.1, 0.15) is 0 Å². The quantitative estimate of drug-likeness (QED) is 0.461. The van der Waals surface area contributed by atoms with Crippen LogP contribution in [0.2, 0.25) is 5.02 Å². The molecule has 0 saturated heterocycles. The summed E-state index contributed by atoms with van der Waals surface area (Å²) in [6.07, 6.45) is 0.417. The Morgan fingerprint density at radius 2 is 2.03 bits per heavy atom. The zero-order valence-electron chi connectivity index (χ0n) is 16.9. The van der Waals surface area contributed by atoms with Crippen LogP contribution in [0, 0.1) is 0 Å². The van der Waals surface area contributed by atoms with Crippen molar-refractivity contribution in [1.29, 1.82) is 0 Å². The predicted molar refractivity (Wildman–Crippen MR) is 114 cm³/mol. The number of aromatic nitrogens is 3. The van der Waals surface area contributed by atoms with E-state index in [0.717, 1.165) is 23.4 Å². The number of carbonyl (C=O) groups is 1. The first-order valence-electron chi connectivity index (χ1n) is 9.10. The van der Waals surface area contributed by atoms with Gasteiger partial charge in [-0.25, -0.2) is 4.98 Å². The molecule has 2 heterocycles. The van der Waals surface area contributed by atoms with Crippen molar-refractivity contribution < 1.29 is 27.4 Å². The molecule has 1 aromatic carbocycles. The Morgan fingerprint density at radius 1 is 1.25 bits per heavy atom. The standard InChI is InChI=1S/C20H18ClF3N4O3S/c1-28-6-5-25-19(28)32-11-13-8-16(17(30-2)9-26-13)31-10-18(29)27-15-7-12(20(22,23)24)3-4-14(15)21/h3-9H,10-11H2,1-2H3,(H,27,29). The number of pyridine rings is 1. The minimum absolute atomic E-state index is 0.0264. The van der Waals surface area contributed by atoms with E-state index < -0.39 is 24.3 Å². The fourth-order valence-electron chi connectivity index (χ4n) is 2.57. The first-order valence-corrected chi connectivity index (χ1v) is 10.5. The van der Waals surface area contributed by atoms with E-state index in [1.807, 2.05) is 17.8 Å². The summed E-state index contributed by atoms with van der Waals surface area (Å²) in [5.74, 6) is 0.384. The number of rotatable bonds is 8. The van der Waals surface area contributed by atoms with Gasteiger partial charge in [0.05, 0.1) is 35.3 Å². The number of methoxy groups -OCH3 is 1. The van der Waals surface area contributed by atoms with Gasteiger partial charge in [0.2, 0.25) is 0 Å². The number of aryl methyl sites for hydroxylation is 1. The molecular weight excluding hydrogens is 469 g/mol. The zero-order valence-corrected chi connectivity index (χ0v) is 18.5. The van der Waals surface area contributed by atoms with Crippen LogP contribution < -0.4 is 14.8 Å². The highest BCUT2D eigenvalue weighted by Gasteiger charge is 2.31. The van der Waals surface area contributed by atoms with Crippen LogP contribution in [0.3, 0.4) is 0 Å². The molecule has 2 aromatic heterocycles. The lowest BCUT2D eigenvalue weighted by Gasteiger charge is -2.13. The molecule has 0 fully saturated rings. The summed E-state index contributed by atoms with van der Waals surface area (Å²) in [4.78, 5) is 20.8. The molecule has 3 aromatic rings. The van der Waals surface area contributed by atoms with Gasteiger partial charge in [-0.2, -0.15) is 13.2 Å². The maximum Gasteiger partial charge on any atom is 0.416 e. The van der Waals surface area contributed by atoms with Gasteiger partial charge in [0.25, 0.3) is 5.91 Å². The molecule has 0 unspecified atom stereocenters. The van der Waals surface area contributed by atoms with Crippen molar-refractivity contribution >= 4 is 35.0 Å². The number of halogens is 4. The van der Waals surface area contributed by atoms with E-state index in [-0.39, 0.29) is 16.5 Å². The van der Waals surface area contributed by atoms with E-state index >= 15 is 0 Å². The molecule has 3 rings (SSSR count). The molecule has 0 aliphatic rings. The highest BCUT2D eigenvalue weighted by molar-refractivity contribution is 7.98. The Hall–Kier alpha value is -2.92. The largest absolute Gasteiger partial charge is 0.491 e.